The lowest BCUT2D eigenvalue weighted by Gasteiger charge is -2.44. The molecule has 1 fully saturated rings. The van der Waals surface area contributed by atoms with Crippen LogP contribution in [0.3, 0.4) is 0 Å². The number of nitrogens with one attached hydrogen (secondary N) is 1. The normalized spacial score (nSPS) is 18.7. The maximum atomic E-state index is 13.4. The first kappa shape index (κ1) is 15.7. The molecule has 0 radical (unpaired) electrons. The number of methoxy groups -OCH3 is 1. The molecule has 1 amide bonds. The zero-order valence-electron chi connectivity index (χ0n) is 13.6. The molecule has 5 nitrogen and oxygen atoms in total. The zero-order chi connectivity index (χ0) is 16.7. The van der Waals surface area contributed by atoms with Crippen molar-refractivity contribution < 1.29 is 9.53 Å². The highest BCUT2D eigenvalue weighted by Gasteiger charge is 2.48. The average Bonchev–Trinajstić information content (AvgIpc) is 3.26. The van der Waals surface area contributed by atoms with E-state index in [1.165, 1.54) is 5.69 Å². The second-order valence-corrected chi connectivity index (χ2v) is 7.38. The molecule has 1 aliphatic heterocycles. The number of benzene rings is 1. The van der Waals surface area contributed by atoms with Crippen LogP contribution in [0, 0.1) is 0 Å². The van der Waals surface area contributed by atoms with Crippen LogP contribution in [0.15, 0.2) is 29.0 Å². The molecular weight excluding hydrogens is 370 g/mol. The Morgan fingerprint density at radius 2 is 2.17 bits per heavy atom. The van der Waals surface area contributed by atoms with Crippen molar-refractivity contribution in [2.24, 2.45) is 0 Å². The minimum atomic E-state index is -0.257. The van der Waals surface area contributed by atoms with E-state index in [0.29, 0.717) is 11.3 Å². The lowest BCUT2D eigenvalue weighted by molar-refractivity contribution is 0.0415. The molecule has 24 heavy (non-hydrogen) atoms. The number of hydrogen-bond acceptors (Lipinski definition) is 3. The quantitative estimate of drug-likeness (QED) is 0.852. The number of ether oxygens (including phenoxy) is 1. The third-order valence-electron chi connectivity index (χ3n) is 5.34. The molecule has 0 atom stereocenters. The fraction of sp³-hybridized carbons (Fsp3) is 0.444. The Bertz CT molecular complexity index is 780. The molecule has 2 aromatic rings. The first-order chi connectivity index (χ1) is 11.7. The summed E-state index contributed by atoms with van der Waals surface area (Å²) in [4.78, 5) is 23.3. The van der Waals surface area contributed by atoms with Gasteiger partial charge < -0.3 is 14.6 Å². The summed E-state index contributed by atoms with van der Waals surface area (Å²) >= 11 is 3.52. The van der Waals surface area contributed by atoms with E-state index in [1.54, 1.807) is 13.4 Å². The number of imidazole rings is 1. The smallest absolute Gasteiger partial charge is 0.255 e. The number of H-pyrrole nitrogens is 1. The second kappa shape index (κ2) is 5.92. The van der Waals surface area contributed by atoms with E-state index in [-0.39, 0.29) is 11.4 Å². The molecule has 126 valence electrons. The van der Waals surface area contributed by atoms with Crippen LogP contribution in [-0.2, 0) is 12.0 Å². The van der Waals surface area contributed by atoms with Crippen LogP contribution in [0.5, 0.6) is 5.75 Å². The molecule has 2 heterocycles. The van der Waals surface area contributed by atoms with E-state index in [1.807, 2.05) is 23.1 Å². The zero-order valence-corrected chi connectivity index (χ0v) is 15.2. The summed E-state index contributed by atoms with van der Waals surface area (Å²) in [6.45, 7) is 0.720. The van der Waals surface area contributed by atoms with Gasteiger partial charge in [-0.1, -0.05) is 12.8 Å². The summed E-state index contributed by atoms with van der Waals surface area (Å²) < 4.78 is 6.10. The predicted octanol–water partition coefficient (Wildman–Crippen LogP) is 3.65. The van der Waals surface area contributed by atoms with Gasteiger partial charge in [-0.15, -0.1) is 0 Å². The maximum Gasteiger partial charge on any atom is 0.255 e. The molecule has 1 aromatic carbocycles. The van der Waals surface area contributed by atoms with Gasteiger partial charge in [-0.3, -0.25) is 4.79 Å². The molecule has 6 heteroatoms. The van der Waals surface area contributed by atoms with Crippen LogP contribution in [0.1, 0.15) is 47.4 Å². The van der Waals surface area contributed by atoms with Crippen molar-refractivity contribution in [3.05, 3.63) is 46.0 Å². The number of fused-ring (bicyclic) bond motifs is 2. The summed E-state index contributed by atoms with van der Waals surface area (Å²) in [5.74, 6) is 0.746. The van der Waals surface area contributed by atoms with Crippen LogP contribution >= 0.6 is 15.9 Å². The highest BCUT2D eigenvalue weighted by molar-refractivity contribution is 9.10. The fourth-order valence-electron chi connectivity index (χ4n) is 4.18. The number of halogens is 1. The molecular formula is C18H20BrN3O2. The van der Waals surface area contributed by atoms with E-state index in [4.69, 9.17) is 4.74 Å². The van der Waals surface area contributed by atoms with E-state index in [2.05, 4.69) is 25.9 Å². The maximum absolute atomic E-state index is 13.4. The predicted molar refractivity (Wildman–Crippen MR) is 94.2 cm³/mol. The molecule has 1 N–H and O–H groups in total. The summed E-state index contributed by atoms with van der Waals surface area (Å²) in [7, 11) is 1.62. The summed E-state index contributed by atoms with van der Waals surface area (Å²) in [6, 6.07) is 5.54. The largest absolute Gasteiger partial charge is 0.497 e. The monoisotopic (exact) mass is 389 g/mol. The minimum Gasteiger partial charge on any atom is -0.497 e. The van der Waals surface area contributed by atoms with Crippen molar-refractivity contribution in [1.29, 1.82) is 0 Å². The number of hydrogen-bond donors (Lipinski definition) is 1. The average molecular weight is 390 g/mol. The van der Waals surface area contributed by atoms with E-state index in [0.717, 1.165) is 48.8 Å². The number of nitrogens with zero attached hydrogens (tertiary/aromatic N) is 2. The van der Waals surface area contributed by atoms with Gasteiger partial charge in [0.05, 0.1) is 30.2 Å². The fourth-order valence-corrected chi connectivity index (χ4v) is 4.60. The van der Waals surface area contributed by atoms with Crippen molar-refractivity contribution in [3.8, 4) is 5.75 Å². The molecule has 0 unspecified atom stereocenters. The molecule has 4 rings (SSSR count). The Kier molecular flexibility index (Phi) is 3.87. The first-order valence-electron chi connectivity index (χ1n) is 8.34. The van der Waals surface area contributed by atoms with Gasteiger partial charge in [-0.05, 0) is 47.0 Å². The van der Waals surface area contributed by atoms with Gasteiger partial charge >= 0.3 is 0 Å². The van der Waals surface area contributed by atoms with Crippen LogP contribution in [0.4, 0.5) is 0 Å². The van der Waals surface area contributed by atoms with Crippen LogP contribution in [0.2, 0.25) is 0 Å². The molecule has 2 aliphatic rings. The van der Waals surface area contributed by atoms with Crippen LogP contribution in [-0.4, -0.2) is 34.4 Å². The number of carbonyl (C=O) groups is 1. The molecule has 1 spiro atoms. The lowest BCUT2D eigenvalue weighted by Crippen LogP contribution is -2.52. The summed E-state index contributed by atoms with van der Waals surface area (Å²) in [6.07, 6.45) is 6.83. The van der Waals surface area contributed by atoms with E-state index >= 15 is 0 Å². The number of amides is 1. The highest BCUT2D eigenvalue weighted by Crippen LogP contribution is 2.47. The standard InChI is InChI=1S/C18H20BrN3O2/c1-24-12-4-5-14(19)13(10-12)17(23)22-9-6-15-16(21-11-20-15)18(22)7-2-3-8-18/h4-5,10-11H,2-3,6-9H2,1H3,(H,20,21). The molecule has 0 bridgehead atoms. The Hall–Kier alpha value is -1.82. The van der Waals surface area contributed by atoms with E-state index < -0.39 is 0 Å². The van der Waals surface area contributed by atoms with Gasteiger partial charge in [0.25, 0.3) is 5.91 Å². The number of carbonyl (C=O) groups excluding carboxylic acids is 1. The van der Waals surface area contributed by atoms with E-state index in [9.17, 15) is 4.79 Å². The van der Waals surface area contributed by atoms with Crippen molar-refractivity contribution in [1.82, 2.24) is 14.9 Å². The first-order valence-corrected chi connectivity index (χ1v) is 9.13. The molecule has 0 saturated heterocycles. The second-order valence-electron chi connectivity index (χ2n) is 6.52. The van der Waals surface area contributed by atoms with Gasteiger partial charge in [-0.25, -0.2) is 4.98 Å². The van der Waals surface area contributed by atoms with Crippen molar-refractivity contribution in [2.45, 2.75) is 37.6 Å². The highest BCUT2D eigenvalue weighted by atomic mass is 79.9. The molecule has 1 aromatic heterocycles. The third-order valence-corrected chi connectivity index (χ3v) is 6.03. The van der Waals surface area contributed by atoms with Gasteiger partial charge in [0, 0.05) is 23.1 Å². The van der Waals surface area contributed by atoms with Crippen molar-refractivity contribution in [3.63, 3.8) is 0 Å². The topological polar surface area (TPSA) is 58.2 Å². The number of aromatic amines is 1. The molecule has 1 aliphatic carbocycles. The minimum absolute atomic E-state index is 0.0522. The Morgan fingerprint density at radius 1 is 1.38 bits per heavy atom. The van der Waals surface area contributed by atoms with Crippen molar-refractivity contribution >= 4 is 21.8 Å². The Balaban J connectivity index is 1.77. The third kappa shape index (κ3) is 2.27. The van der Waals surface area contributed by atoms with Gasteiger partial charge in [0.2, 0.25) is 0 Å². The van der Waals surface area contributed by atoms with Gasteiger partial charge in [-0.2, -0.15) is 0 Å². The molecule has 1 saturated carbocycles. The Labute approximate surface area is 149 Å². The lowest BCUT2D eigenvalue weighted by atomic mass is 9.84. The van der Waals surface area contributed by atoms with Gasteiger partial charge in [0.15, 0.2) is 0 Å². The van der Waals surface area contributed by atoms with Crippen LogP contribution < -0.4 is 4.74 Å². The van der Waals surface area contributed by atoms with Crippen LogP contribution in [0.25, 0.3) is 0 Å². The Morgan fingerprint density at radius 3 is 2.92 bits per heavy atom. The number of aromatic nitrogens is 2. The van der Waals surface area contributed by atoms with Crippen molar-refractivity contribution in [2.75, 3.05) is 13.7 Å². The summed E-state index contributed by atoms with van der Waals surface area (Å²) in [5, 5.41) is 0. The SMILES string of the molecule is COc1ccc(Br)c(C(=O)N2CCc3[nH]cnc3C23CCCC3)c1. The summed E-state index contributed by atoms with van der Waals surface area (Å²) in [5.41, 5.74) is 2.65. The number of rotatable bonds is 2. The van der Waals surface area contributed by atoms with Gasteiger partial charge in [0.1, 0.15) is 5.75 Å².